The molecule has 0 saturated carbocycles. The number of pyridine rings is 1. The van der Waals surface area contributed by atoms with Crippen LogP contribution in [0.3, 0.4) is 0 Å². The van der Waals surface area contributed by atoms with Gasteiger partial charge in [0.25, 0.3) is 5.91 Å². The minimum atomic E-state index is -0.152. The minimum Gasteiger partial charge on any atom is -0.497 e. The molecule has 1 amide bonds. The molecule has 5 nitrogen and oxygen atoms in total. The quantitative estimate of drug-likeness (QED) is 0.577. The minimum absolute atomic E-state index is 0.152. The van der Waals surface area contributed by atoms with E-state index in [1.54, 1.807) is 19.5 Å². The van der Waals surface area contributed by atoms with Crippen molar-refractivity contribution < 1.29 is 9.53 Å². The summed E-state index contributed by atoms with van der Waals surface area (Å²) in [7, 11) is 1.66. The van der Waals surface area contributed by atoms with Crippen molar-refractivity contribution >= 4 is 17.3 Å². The normalized spacial score (nSPS) is 10.4. The lowest BCUT2D eigenvalue weighted by molar-refractivity contribution is 0.102. The number of rotatable bonds is 8. The van der Waals surface area contributed by atoms with Crippen molar-refractivity contribution in [3.63, 3.8) is 0 Å². The third-order valence-electron chi connectivity index (χ3n) is 4.88. The number of methoxy groups -OCH3 is 1. The molecule has 0 fully saturated rings. The van der Waals surface area contributed by atoms with Gasteiger partial charge < -0.3 is 15.4 Å². The SMILES string of the molecule is CCc1cccc(C)c1NC(=O)c1cncc(NCCc2ccc(OC)cc2)c1. The van der Waals surface area contributed by atoms with E-state index in [4.69, 9.17) is 4.74 Å². The van der Waals surface area contributed by atoms with Crippen LogP contribution in [-0.2, 0) is 12.8 Å². The van der Waals surface area contributed by atoms with Crippen LogP contribution in [0.25, 0.3) is 0 Å². The third-order valence-corrected chi connectivity index (χ3v) is 4.88. The summed E-state index contributed by atoms with van der Waals surface area (Å²) in [6.07, 6.45) is 5.05. The van der Waals surface area contributed by atoms with Gasteiger partial charge in [0, 0.05) is 24.6 Å². The van der Waals surface area contributed by atoms with Crippen molar-refractivity contribution in [1.82, 2.24) is 4.98 Å². The topological polar surface area (TPSA) is 63.2 Å². The molecule has 0 radical (unpaired) electrons. The lowest BCUT2D eigenvalue weighted by atomic mass is 10.1. The van der Waals surface area contributed by atoms with Crippen LogP contribution in [0.15, 0.2) is 60.9 Å². The predicted octanol–water partition coefficient (Wildman–Crippen LogP) is 4.87. The van der Waals surface area contributed by atoms with Gasteiger partial charge in [-0.1, -0.05) is 37.3 Å². The molecular weight excluding hydrogens is 362 g/mol. The van der Waals surface area contributed by atoms with Crippen LogP contribution in [-0.4, -0.2) is 24.5 Å². The number of aryl methyl sites for hydroxylation is 2. The second kappa shape index (κ2) is 9.73. The number of carbonyl (C=O) groups is 1. The van der Waals surface area contributed by atoms with Crippen molar-refractivity contribution in [2.75, 3.05) is 24.3 Å². The standard InChI is InChI=1S/C24H27N3O2/c1-4-19-7-5-6-17(2)23(19)27-24(28)20-14-21(16-25-15-20)26-13-12-18-8-10-22(29-3)11-9-18/h5-11,14-16,26H,4,12-13H2,1-3H3,(H,27,28). The first-order valence-electron chi connectivity index (χ1n) is 9.82. The van der Waals surface area contributed by atoms with E-state index in [-0.39, 0.29) is 5.91 Å². The number of aromatic nitrogens is 1. The average molecular weight is 389 g/mol. The molecule has 0 spiro atoms. The summed E-state index contributed by atoms with van der Waals surface area (Å²) in [4.78, 5) is 17.0. The van der Waals surface area contributed by atoms with Gasteiger partial charge in [-0.2, -0.15) is 0 Å². The molecule has 1 heterocycles. The first-order valence-corrected chi connectivity index (χ1v) is 9.82. The fourth-order valence-electron chi connectivity index (χ4n) is 3.19. The number of nitrogens with zero attached hydrogens (tertiary/aromatic N) is 1. The molecule has 3 aromatic rings. The third kappa shape index (κ3) is 5.35. The Labute approximate surface area is 172 Å². The lowest BCUT2D eigenvalue weighted by Gasteiger charge is -2.13. The van der Waals surface area contributed by atoms with E-state index in [2.05, 4.69) is 34.7 Å². The summed E-state index contributed by atoms with van der Waals surface area (Å²) in [6.45, 7) is 4.83. The molecule has 0 saturated heterocycles. The molecule has 3 rings (SSSR count). The number of hydrogen-bond donors (Lipinski definition) is 2. The van der Waals surface area contributed by atoms with Gasteiger partial charge in [0.2, 0.25) is 0 Å². The second-order valence-corrected chi connectivity index (χ2v) is 6.90. The number of benzene rings is 2. The van der Waals surface area contributed by atoms with Crippen LogP contribution < -0.4 is 15.4 Å². The fourth-order valence-corrected chi connectivity index (χ4v) is 3.19. The van der Waals surface area contributed by atoms with Crippen LogP contribution in [0.2, 0.25) is 0 Å². The van der Waals surface area contributed by atoms with Gasteiger partial charge in [0.05, 0.1) is 18.4 Å². The van der Waals surface area contributed by atoms with Crippen LogP contribution in [0, 0.1) is 6.92 Å². The monoisotopic (exact) mass is 389 g/mol. The highest BCUT2D eigenvalue weighted by atomic mass is 16.5. The Morgan fingerprint density at radius 2 is 1.90 bits per heavy atom. The molecule has 0 unspecified atom stereocenters. The molecule has 0 bridgehead atoms. The Hall–Kier alpha value is -3.34. The van der Waals surface area contributed by atoms with E-state index >= 15 is 0 Å². The lowest BCUT2D eigenvalue weighted by Crippen LogP contribution is -2.15. The van der Waals surface area contributed by atoms with Gasteiger partial charge in [0.15, 0.2) is 0 Å². The van der Waals surface area contributed by atoms with Crippen molar-refractivity contribution in [2.24, 2.45) is 0 Å². The molecule has 0 aliphatic rings. The Balaban J connectivity index is 1.62. The number of ether oxygens (including phenoxy) is 1. The number of amides is 1. The number of para-hydroxylation sites is 1. The predicted molar refractivity (Wildman–Crippen MR) is 118 cm³/mol. The van der Waals surface area contributed by atoms with Crippen LogP contribution in [0.1, 0.15) is 34.0 Å². The van der Waals surface area contributed by atoms with Gasteiger partial charge >= 0.3 is 0 Å². The summed E-state index contributed by atoms with van der Waals surface area (Å²) in [6, 6.07) is 15.9. The van der Waals surface area contributed by atoms with Crippen LogP contribution in [0.5, 0.6) is 5.75 Å². The highest BCUT2D eigenvalue weighted by molar-refractivity contribution is 6.05. The summed E-state index contributed by atoms with van der Waals surface area (Å²) in [5.41, 5.74) is 5.64. The number of anilines is 2. The molecule has 29 heavy (non-hydrogen) atoms. The van der Waals surface area contributed by atoms with Gasteiger partial charge in [-0.3, -0.25) is 9.78 Å². The molecule has 0 atom stereocenters. The van der Waals surface area contributed by atoms with E-state index in [1.165, 1.54) is 5.56 Å². The second-order valence-electron chi connectivity index (χ2n) is 6.90. The van der Waals surface area contributed by atoms with E-state index in [1.807, 2.05) is 43.3 Å². The smallest absolute Gasteiger partial charge is 0.257 e. The molecule has 2 N–H and O–H groups in total. The van der Waals surface area contributed by atoms with Crippen molar-refractivity contribution in [3.8, 4) is 5.75 Å². The summed E-state index contributed by atoms with van der Waals surface area (Å²) < 4.78 is 5.18. The van der Waals surface area contributed by atoms with E-state index in [0.29, 0.717) is 5.56 Å². The van der Waals surface area contributed by atoms with E-state index < -0.39 is 0 Å². The van der Waals surface area contributed by atoms with Gasteiger partial charge in [-0.15, -0.1) is 0 Å². The average Bonchev–Trinajstić information content (AvgIpc) is 2.75. The maximum Gasteiger partial charge on any atom is 0.257 e. The Bertz CT molecular complexity index is 968. The van der Waals surface area contributed by atoms with Gasteiger partial charge in [0.1, 0.15) is 5.75 Å². The number of nitrogens with one attached hydrogen (secondary N) is 2. The highest BCUT2D eigenvalue weighted by Crippen LogP contribution is 2.22. The molecule has 150 valence electrons. The first kappa shape index (κ1) is 20.4. The zero-order chi connectivity index (χ0) is 20.6. The molecule has 2 aromatic carbocycles. The van der Waals surface area contributed by atoms with Crippen molar-refractivity contribution in [1.29, 1.82) is 0 Å². The Morgan fingerprint density at radius 1 is 1.10 bits per heavy atom. The summed E-state index contributed by atoms with van der Waals surface area (Å²) in [5.74, 6) is 0.699. The highest BCUT2D eigenvalue weighted by Gasteiger charge is 2.11. The summed E-state index contributed by atoms with van der Waals surface area (Å²) >= 11 is 0. The largest absolute Gasteiger partial charge is 0.497 e. The van der Waals surface area contributed by atoms with Crippen LogP contribution in [0.4, 0.5) is 11.4 Å². The number of carbonyl (C=O) groups excluding carboxylic acids is 1. The van der Waals surface area contributed by atoms with Crippen molar-refractivity contribution in [3.05, 3.63) is 83.2 Å². The maximum absolute atomic E-state index is 12.8. The molecule has 0 aliphatic heterocycles. The fraction of sp³-hybridized carbons (Fsp3) is 0.250. The molecule has 5 heteroatoms. The van der Waals surface area contributed by atoms with Crippen molar-refractivity contribution in [2.45, 2.75) is 26.7 Å². The maximum atomic E-state index is 12.8. The van der Waals surface area contributed by atoms with Crippen LogP contribution >= 0.6 is 0 Å². The van der Waals surface area contributed by atoms with Gasteiger partial charge in [-0.25, -0.2) is 0 Å². The molecular formula is C24H27N3O2. The molecule has 0 aliphatic carbocycles. The zero-order valence-electron chi connectivity index (χ0n) is 17.2. The van der Waals surface area contributed by atoms with E-state index in [9.17, 15) is 4.79 Å². The zero-order valence-corrected chi connectivity index (χ0v) is 17.2. The number of hydrogen-bond acceptors (Lipinski definition) is 4. The Morgan fingerprint density at radius 3 is 2.62 bits per heavy atom. The molecule has 1 aromatic heterocycles. The Kier molecular flexibility index (Phi) is 6.85. The first-order chi connectivity index (χ1) is 14.1. The van der Waals surface area contributed by atoms with E-state index in [0.717, 1.165) is 47.6 Å². The van der Waals surface area contributed by atoms with Gasteiger partial charge in [-0.05, 0) is 54.7 Å². The summed E-state index contributed by atoms with van der Waals surface area (Å²) in [5, 5.41) is 6.39.